The van der Waals surface area contributed by atoms with E-state index in [1.165, 1.54) is 19.1 Å². The Labute approximate surface area is 194 Å². The van der Waals surface area contributed by atoms with Crippen LogP contribution in [0.3, 0.4) is 0 Å². The molecule has 0 bridgehead atoms. The van der Waals surface area contributed by atoms with E-state index in [1.54, 1.807) is 43.3 Å². The minimum Gasteiger partial charge on any atom is -0.371 e. The molecule has 0 fully saturated rings. The lowest BCUT2D eigenvalue weighted by atomic mass is 9.87. The van der Waals surface area contributed by atoms with Gasteiger partial charge >= 0.3 is 12.4 Å². The minimum absolute atomic E-state index is 0.0690. The average molecular weight is 485 g/mol. The second-order valence-electron chi connectivity index (χ2n) is 7.72. The molecule has 34 heavy (non-hydrogen) atoms. The van der Waals surface area contributed by atoms with Crippen molar-refractivity contribution in [3.05, 3.63) is 95.6 Å². The van der Waals surface area contributed by atoms with E-state index < -0.39 is 41.0 Å². The van der Waals surface area contributed by atoms with Crippen LogP contribution in [-0.2, 0) is 27.4 Å². The third kappa shape index (κ3) is 6.96. The van der Waals surface area contributed by atoms with Gasteiger partial charge < -0.3 is 10.1 Å². The maximum absolute atomic E-state index is 13.2. The first kappa shape index (κ1) is 27.2. The lowest BCUT2D eigenvalue weighted by Gasteiger charge is -2.35. The van der Waals surface area contributed by atoms with Crippen LogP contribution in [0.25, 0.3) is 0 Å². The van der Waals surface area contributed by atoms with Gasteiger partial charge in [-0.25, -0.2) is 0 Å². The van der Waals surface area contributed by atoms with Gasteiger partial charge in [0.25, 0.3) is 0 Å². The summed E-state index contributed by atoms with van der Waals surface area (Å²) in [6.45, 7) is 6.49. The topological polar surface area (TPSA) is 38.3 Å². The quantitative estimate of drug-likeness (QED) is 0.237. The van der Waals surface area contributed by atoms with Gasteiger partial charge in [0.15, 0.2) is 0 Å². The Bertz CT molecular complexity index is 982. The molecule has 2 atom stereocenters. The molecular formula is C25H25F6NO2. The van der Waals surface area contributed by atoms with Crippen LogP contribution in [0.2, 0.25) is 0 Å². The number of nitrogens with one attached hydrogen (secondary N) is 1. The summed E-state index contributed by atoms with van der Waals surface area (Å²) in [5.74, 6) is -0.442. The van der Waals surface area contributed by atoms with Crippen molar-refractivity contribution < 1.29 is 35.9 Å². The predicted octanol–water partition coefficient (Wildman–Crippen LogP) is 6.97. The van der Waals surface area contributed by atoms with Crippen LogP contribution in [0.4, 0.5) is 26.3 Å². The zero-order valence-corrected chi connectivity index (χ0v) is 18.6. The van der Waals surface area contributed by atoms with E-state index in [0.29, 0.717) is 17.7 Å². The van der Waals surface area contributed by atoms with Gasteiger partial charge in [0.05, 0.1) is 29.4 Å². The van der Waals surface area contributed by atoms with Crippen LogP contribution in [-0.4, -0.2) is 12.5 Å². The van der Waals surface area contributed by atoms with E-state index in [4.69, 9.17) is 4.74 Å². The molecule has 3 nitrogen and oxygen atoms in total. The fraction of sp³-hybridized carbons (Fsp3) is 0.320. The smallest absolute Gasteiger partial charge is 0.371 e. The number of amides is 1. The molecule has 2 rings (SSSR count). The fourth-order valence-electron chi connectivity index (χ4n) is 3.43. The van der Waals surface area contributed by atoms with Crippen LogP contribution >= 0.6 is 0 Å². The van der Waals surface area contributed by atoms with Crippen molar-refractivity contribution in [2.75, 3.05) is 6.61 Å². The number of hydrogen-bond acceptors (Lipinski definition) is 2. The van der Waals surface area contributed by atoms with Crippen LogP contribution in [0.5, 0.6) is 0 Å². The molecule has 1 N–H and O–H groups in total. The van der Waals surface area contributed by atoms with Crippen molar-refractivity contribution in [2.45, 2.75) is 44.3 Å². The van der Waals surface area contributed by atoms with Gasteiger partial charge in [-0.15, -0.1) is 6.58 Å². The summed E-state index contributed by atoms with van der Waals surface area (Å²) in [5, 5.41) is 2.84. The summed E-state index contributed by atoms with van der Waals surface area (Å²) in [6.07, 6.45) is -6.50. The summed E-state index contributed by atoms with van der Waals surface area (Å²) >= 11 is 0. The average Bonchev–Trinajstić information content (AvgIpc) is 2.76. The molecule has 184 valence electrons. The van der Waals surface area contributed by atoms with Crippen molar-refractivity contribution in [3.63, 3.8) is 0 Å². The van der Waals surface area contributed by atoms with Gasteiger partial charge in [-0.2, -0.15) is 26.3 Å². The monoisotopic (exact) mass is 485 g/mol. The Kier molecular flexibility index (Phi) is 8.72. The van der Waals surface area contributed by atoms with E-state index in [9.17, 15) is 31.1 Å². The molecule has 0 aromatic heterocycles. The molecule has 0 heterocycles. The second kappa shape index (κ2) is 10.9. The molecule has 0 saturated carbocycles. The van der Waals surface area contributed by atoms with Crippen LogP contribution < -0.4 is 5.32 Å². The largest absolute Gasteiger partial charge is 0.416 e. The Hall–Kier alpha value is -3.07. The number of hydrogen-bond donors (Lipinski definition) is 1. The van der Waals surface area contributed by atoms with Crippen LogP contribution in [0.15, 0.2) is 73.3 Å². The number of carbonyl (C=O) groups is 1. The van der Waals surface area contributed by atoms with Crippen molar-refractivity contribution in [1.82, 2.24) is 5.32 Å². The highest BCUT2D eigenvalue weighted by molar-refractivity contribution is 5.88. The predicted molar refractivity (Wildman–Crippen MR) is 117 cm³/mol. The highest BCUT2D eigenvalue weighted by Crippen LogP contribution is 2.38. The summed E-state index contributed by atoms with van der Waals surface area (Å²) in [7, 11) is 0. The lowest BCUT2D eigenvalue weighted by molar-refractivity contribution is -0.143. The Morgan fingerprint density at radius 1 is 1.00 bits per heavy atom. The Morgan fingerprint density at radius 2 is 1.56 bits per heavy atom. The molecule has 9 heteroatoms. The first-order chi connectivity index (χ1) is 15.8. The van der Waals surface area contributed by atoms with Crippen LogP contribution in [0.1, 0.15) is 48.6 Å². The molecule has 0 aliphatic heterocycles. The SMILES string of the molecule is C=CC[C@](CO[C@H](C)c1cc(C(F)(F)F)cc(C(F)(F)F)c1)(NC(=O)C=CC)c1ccccc1. The first-order valence-corrected chi connectivity index (χ1v) is 10.3. The fourth-order valence-corrected chi connectivity index (χ4v) is 3.43. The number of carbonyl (C=O) groups excluding carboxylic acids is 1. The van der Waals surface area contributed by atoms with Gasteiger partial charge in [0.1, 0.15) is 0 Å². The first-order valence-electron chi connectivity index (χ1n) is 10.3. The molecule has 0 unspecified atom stereocenters. The molecule has 2 aromatic carbocycles. The zero-order chi connectivity index (χ0) is 25.6. The molecule has 0 aliphatic rings. The van der Waals surface area contributed by atoms with Gasteiger partial charge in [0, 0.05) is 0 Å². The molecule has 0 saturated heterocycles. The number of allylic oxidation sites excluding steroid dienone is 1. The molecule has 1 amide bonds. The van der Waals surface area contributed by atoms with Gasteiger partial charge in [-0.3, -0.25) is 4.79 Å². The third-order valence-corrected chi connectivity index (χ3v) is 5.16. The maximum Gasteiger partial charge on any atom is 0.416 e. The van der Waals surface area contributed by atoms with Gasteiger partial charge in [-0.05, 0) is 55.7 Å². The minimum atomic E-state index is -4.97. The van der Waals surface area contributed by atoms with Gasteiger partial charge in [-0.1, -0.05) is 42.5 Å². The van der Waals surface area contributed by atoms with Crippen LogP contribution in [0, 0.1) is 0 Å². The molecular weight excluding hydrogens is 460 g/mol. The summed E-state index contributed by atoms with van der Waals surface area (Å²) in [6, 6.07) is 10.0. The van der Waals surface area contributed by atoms with Gasteiger partial charge in [0.2, 0.25) is 5.91 Å². The van der Waals surface area contributed by atoms with E-state index in [2.05, 4.69) is 11.9 Å². The number of ether oxygens (including phenoxy) is 1. The maximum atomic E-state index is 13.2. The van der Waals surface area contributed by atoms with Crippen molar-refractivity contribution in [2.24, 2.45) is 0 Å². The lowest BCUT2D eigenvalue weighted by Crippen LogP contribution is -2.48. The normalized spacial score (nSPS) is 15.1. The van der Waals surface area contributed by atoms with Crippen molar-refractivity contribution >= 4 is 5.91 Å². The number of rotatable bonds is 9. The second-order valence-corrected chi connectivity index (χ2v) is 7.72. The summed E-state index contributed by atoms with van der Waals surface area (Å²) in [5.41, 5.74) is -3.64. The number of benzene rings is 2. The third-order valence-electron chi connectivity index (χ3n) is 5.16. The number of alkyl halides is 6. The molecule has 2 aromatic rings. The molecule has 0 aliphatic carbocycles. The molecule has 0 spiro atoms. The Morgan fingerprint density at radius 3 is 2.03 bits per heavy atom. The summed E-state index contributed by atoms with van der Waals surface area (Å²) in [4.78, 5) is 12.4. The highest BCUT2D eigenvalue weighted by atomic mass is 19.4. The number of halogens is 6. The van der Waals surface area contributed by atoms with E-state index >= 15 is 0 Å². The summed E-state index contributed by atoms with van der Waals surface area (Å²) < 4.78 is 85.2. The zero-order valence-electron chi connectivity index (χ0n) is 18.6. The van der Waals surface area contributed by atoms with E-state index in [0.717, 1.165) is 0 Å². The Balaban J connectivity index is 2.45. The molecule has 0 radical (unpaired) electrons. The van der Waals surface area contributed by atoms with E-state index in [-0.39, 0.29) is 24.7 Å². The standard InChI is InChI=1S/C25H25F6NO2/c1-4-9-22(33)32-23(12-5-2,19-10-7-6-8-11-19)16-34-17(3)18-13-20(24(26,27)28)15-21(14-18)25(29,30)31/h4-11,13-15,17H,2,12,16H2,1,3H3,(H,32,33)/t17-,23-/m1/s1. The highest BCUT2D eigenvalue weighted by Gasteiger charge is 2.38. The van der Waals surface area contributed by atoms with Crippen molar-refractivity contribution in [3.8, 4) is 0 Å². The van der Waals surface area contributed by atoms with Crippen molar-refractivity contribution in [1.29, 1.82) is 0 Å². The van der Waals surface area contributed by atoms with E-state index in [1.807, 2.05) is 0 Å².